The maximum Gasteiger partial charge on any atom is 0.341 e. The molecule has 2 heterocycles. The smallest absolute Gasteiger partial charge is 0.341 e. The lowest BCUT2D eigenvalue weighted by molar-refractivity contribution is 0.0257. The summed E-state index contributed by atoms with van der Waals surface area (Å²) in [5.41, 5.74) is 2.33. The summed E-state index contributed by atoms with van der Waals surface area (Å²) < 4.78 is 47.3. The summed E-state index contributed by atoms with van der Waals surface area (Å²) in [5, 5.41) is 5.32. The van der Waals surface area contributed by atoms with Crippen molar-refractivity contribution in [2.45, 2.75) is 25.0 Å². The van der Waals surface area contributed by atoms with E-state index in [4.69, 9.17) is 4.74 Å². The van der Waals surface area contributed by atoms with Crippen LogP contribution in [0, 0.1) is 17.5 Å². The summed E-state index contributed by atoms with van der Waals surface area (Å²) in [6.45, 7) is 0.534. The SMILES string of the molecule is O=C(N1CC(Oc2cc(C3=CC=CC3)ccc2F)C1)N1N=CCC1c1cc(F)cc(F)c1. The lowest BCUT2D eigenvalue weighted by Gasteiger charge is -2.41. The minimum absolute atomic E-state index is 0.153. The van der Waals surface area contributed by atoms with E-state index in [1.54, 1.807) is 18.3 Å². The number of ether oxygens (including phenoxy) is 1. The molecule has 0 saturated carbocycles. The molecule has 0 radical (unpaired) electrons. The maximum absolute atomic E-state index is 14.3. The van der Waals surface area contributed by atoms with Gasteiger partial charge in [0, 0.05) is 18.7 Å². The van der Waals surface area contributed by atoms with E-state index in [1.807, 2.05) is 18.2 Å². The van der Waals surface area contributed by atoms with Crippen molar-refractivity contribution >= 4 is 17.8 Å². The van der Waals surface area contributed by atoms with Crippen molar-refractivity contribution in [3.63, 3.8) is 0 Å². The lowest BCUT2D eigenvalue weighted by Crippen LogP contribution is -2.58. The van der Waals surface area contributed by atoms with Crippen LogP contribution in [0.15, 0.2) is 59.7 Å². The van der Waals surface area contributed by atoms with Crippen molar-refractivity contribution in [3.8, 4) is 5.75 Å². The molecule has 8 heteroatoms. The zero-order valence-electron chi connectivity index (χ0n) is 17.0. The summed E-state index contributed by atoms with van der Waals surface area (Å²) >= 11 is 0. The van der Waals surface area contributed by atoms with E-state index >= 15 is 0 Å². The van der Waals surface area contributed by atoms with Crippen LogP contribution in [0.4, 0.5) is 18.0 Å². The van der Waals surface area contributed by atoms with Crippen molar-refractivity contribution < 1.29 is 22.7 Å². The van der Waals surface area contributed by atoms with Gasteiger partial charge in [-0.1, -0.05) is 24.3 Å². The van der Waals surface area contributed by atoms with Crippen LogP contribution in [-0.4, -0.2) is 41.3 Å². The molecule has 2 aromatic carbocycles. The largest absolute Gasteiger partial charge is 0.484 e. The highest BCUT2D eigenvalue weighted by atomic mass is 19.1. The molecule has 5 nitrogen and oxygen atoms in total. The Labute approximate surface area is 183 Å². The average Bonchev–Trinajstić information content (AvgIpc) is 3.42. The van der Waals surface area contributed by atoms with Crippen molar-refractivity contribution in [1.82, 2.24) is 9.91 Å². The highest BCUT2D eigenvalue weighted by Gasteiger charge is 2.39. The quantitative estimate of drug-likeness (QED) is 0.668. The molecule has 1 aliphatic carbocycles. The monoisotopic (exact) mass is 439 g/mol. The zero-order chi connectivity index (χ0) is 22.2. The van der Waals surface area contributed by atoms with E-state index in [9.17, 15) is 18.0 Å². The first-order valence-corrected chi connectivity index (χ1v) is 10.4. The van der Waals surface area contributed by atoms with Gasteiger partial charge in [-0.2, -0.15) is 5.10 Å². The number of amides is 2. The first-order chi connectivity index (χ1) is 15.5. The normalized spacial score (nSPS) is 20.0. The Bertz CT molecular complexity index is 1130. The molecule has 164 valence electrons. The van der Waals surface area contributed by atoms with E-state index in [2.05, 4.69) is 5.10 Å². The van der Waals surface area contributed by atoms with Gasteiger partial charge in [0.1, 0.15) is 17.7 Å². The Morgan fingerprint density at radius 3 is 2.56 bits per heavy atom. The molecular weight excluding hydrogens is 419 g/mol. The van der Waals surface area contributed by atoms with Crippen LogP contribution in [0.1, 0.15) is 30.0 Å². The topological polar surface area (TPSA) is 45.1 Å². The molecule has 0 aromatic heterocycles. The summed E-state index contributed by atoms with van der Waals surface area (Å²) in [5.74, 6) is -1.71. The first kappa shape index (κ1) is 20.4. The number of halogens is 3. The Kier molecular flexibility index (Phi) is 5.20. The molecule has 0 N–H and O–H groups in total. The Balaban J connectivity index is 1.22. The maximum atomic E-state index is 14.3. The molecule has 1 atom stereocenters. The third-order valence-electron chi connectivity index (χ3n) is 5.78. The van der Waals surface area contributed by atoms with Gasteiger partial charge in [0.15, 0.2) is 11.6 Å². The molecule has 0 bridgehead atoms. The van der Waals surface area contributed by atoms with Gasteiger partial charge in [-0.25, -0.2) is 23.0 Å². The summed E-state index contributed by atoms with van der Waals surface area (Å²) in [4.78, 5) is 14.4. The van der Waals surface area contributed by atoms with Gasteiger partial charge in [0.25, 0.3) is 0 Å². The van der Waals surface area contributed by atoms with E-state index in [0.717, 1.165) is 23.6 Å². The third-order valence-corrected chi connectivity index (χ3v) is 5.78. The highest BCUT2D eigenvalue weighted by Crippen LogP contribution is 2.33. The van der Waals surface area contributed by atoms with Crippen LogP contribution in [0.5, 0.6) is 5.75 Å². The molecule has 5 rings (SSSR count). The molecule has 1 saturated heterocycles. The number of nitrogens with zero attached hydrogens (tertiary/aromatic N) is 3. The third kappa shape index (κ3) is 3.88. The van der Waals surface area contributed by atoms with E-state index < -0.39 is 23.5 Å². The zero-order valence-corrected chi connectivity index (χ0v) is 17.0. The molecule has 2 amide bonds. The van der Waals surface area contributed by atoms with Gasteiger partial charge in [-0.15, -0.1) is 0 Å². The number of urea groups is 1. The molecule has 3 aliphatic rings. The summed E-state index contributed by atoms with van der Waals surface area (Å²) in [7, 11) is 0. The van der Waals surface area contributed by atoms with Gasteiger partial charge in [0.2, 0.25) is 0 Å². The summed E-state index contributed by atoms with van der Waals surface area (Å²) in [6, 6.07) is 7.02. The van der Waals surface area contributed by atoms with Crippen molar-refractivity contribution in [2.24, 2.45) is 5.10 Å². The van der Waals surface area contributed by atoms with Gasteiger partial charge in [0.05, 0.1) is 19.1 Å². The van der Waals surface area contributed by atoms with Crippen LogP contribution in [0.2, 0.25) is 0 Å². The predicted molar refractivity (Wildman–Crippen MR) is 114 cm³/mol. The van der Waals surface area contributed by atoms with E-state index in [0.29, 0.717) is 12.0 Å². The molecule has 1 fully saturated rings. The number of benzene rings is 2. The van der Waals surface area contributed by atoms with Gasteiger partial charge < -0.3 is 9.64 Å². The van der Waals surface area contributed by atoms with Crippen LogP contribution in [0.3, 0.4) is 0 Å². The standard InChI is InChI=1S/C24H20F3N3O2/c25-18-9-17(10-19(26)12-18)22-7-8-28-30(22)24(31)29-13-20(14-29)32-23-11-16(5-6-21(23)27)15-3-1-2-4-15/h1-3,5-6,8-12,20,22H,4,7,13-14H2. The number of hydrazone groups is 1. The summed E-state index contributed by atoms with van der Waals surface area (Å²) in [6.07, 6.45) is 8.33. The minimum atomic E-state index is -0.704. The Morgan fingerprint density at radius 2 is 1.84 bits per heavy atom. The molecular formula is C24H20F3N3O2. The van der Waals surface area contributed by atoms with Gasteiger partial charge in [-0.05, 0) is 47.4 Å². The molecule has 0 spiro atoms. The van der Waals surface area contributed by atoms with Crippen LogP contribution in [-0.2, 0) is 0 Å². The van der Waals surface area contributed by atoms with Gasteiger partial charge in [-0.3, -0.25) is 0 Å². The number of allylic oxidation sites excluding steroid dienone is 4. The highest BCUT2D eigenvalue weighted by molar-refractivity contribution is 5.79. The van der Waals surface area contributed by atoms with Crippen LogP contribution in [0.25, 0.3) is 5.57 Å². The Morgan fingerprint density at radius 1 is 1.06 bits per heavy atom. The lowest BCUT2D eigenvalue weighted by atomic mass is 10.0. The second-order valence-electron chi connectivity index (χ2n) is 7.99. The minimum Gasteiger partial charge on any atom is -0.484 e. The first-order valence-electron chi connectivity index (χ1n) is 10.4. The van der Waals surface area contributed by atoms with Crippen LogP contribution < -0.4 is 4.74 Å². The fourth-order valence-corrected chi connectivity index (χ4v) is 4.09. The Hall–Kier alpha value is -3.55. The van der Waals surface area contributed by atoms with E-state index in [1.165, 1.54) is 28.1 Å². The fourth-order valence-electron chi connectivity index (χ4n) is 4.09. The number of rotatable bonds is 4. The second-order valence-corrected chi connectivity index (χ2v) is 7.99. The van der Waals surface area contributed by atoms with E-state index in [-0.39, 0.29) is 31.0 Å². The predicted octanol–water partition coefficient (Wildman–Crippen LogP) is 5.06. The number of carbonyl (C=O) groups excluding carboxylic acids is 1. The molecule has 1 unspecified atom stereocenters. The molecule has 2 aromatic rings. The van der Waals surface area contributed by atoms with Gasteiger partial charge >= 0.3 is 6.03 Å². The number of hydrogen-bond acceptors (Lipinski definition) is 3. The number of hydrogen-bond donors (Lipinski definition) is 0. The van der Waals surface area contributed by atoms with Crippen molar-refractivity contribution in [2.75, 3.05) is 13.1 Å². The molecule has 32 heavy (non-hydrogen) atoms. The number of likely N-dealkylation sites (tertiary alicyclic amines) is 1. The fraction of sp³-hybridized carbons (Fsp3) is 0.250. The van der Waals surface area contributed by atoms with Crippen molar-refractivity contribution in [1.29, 1.82) is 0 Å². The second kappa shape index (κ2) is 8.18. The average molecular weight is 439 g/mol. The van der Waals surface area contributed by atoms with Crippen LogP contribution >= 0.6 is 0 Å². The molecule has 2 aliphatic heterocycles. The van der Waals surface area contributed by atoms with Crippen molar-refractivity contribution in [3.05, 3.63) is 83.2 Å². The number of carbonyl (C=O) groups is 1.